The Labute approximate surface area is 618 Å². The Morgan fingerprint density at radius 2 is 1.15 bits per heavy atom. The van der Waals surface area contributed by atoms with E-state index >= 15 is 9.59 Å². The van der Waals surface area contributed by atoms with E-state index in [9.17, 15) is 67.7 Å². The van der Waals surface area contributed by atoms with E-state index in [4.69, 9.17) is 10.5 Å². The van der Waals surface area contributed by atoms with E-state index in [1.54, 1.807) is 113 Å². The minimum Gasteiger partial charge on any atom is -0.458 e. The SMILES string of the molecule is C/C=C1\NC(=O)[C@H](Cc2ccccc2)NC(=O)[C@@H](C(C)C)NC(=O)[C@@H]([C@H](C)CC)NC(=O)[C@H](NC(=O)[C@H](NC(=O)[C@H](CCCN)NC(=O)[C@H]2CCCN2C(=O)[C@H](NC(=O)[C@@H](NC(=O)[C@@H](NC(=O)[C@H](NC(=O)CCCC(C)C)[C@@H](C)O)[C@@H](C)O)C(C)C)C(C)C)[C@H](C)CC)[C@H](C)OC(=O)[C@H](C(C)C)NC1=O. The second-order valence-electron chi connectivity index (χ2n) is 29.7. The number of rotatable bonds is 33. The Hall–Kier alpha value is -8.58. The van der Waals surface area contributed by atoms with Gasteiger partial charge in [0.2, 0.25) is 70.9 Å². The molecule has 0 spiro atoms. The normalized spacial score (nSPS) is 22.8. The van der Waals surface area contributed by atoms with Gasteiger partial charge >= 0.3 is 5.97 Å². The number of nitrogens with zero attached hydrogens (tertiary/aromatic N) is 1. The third-order valence-corrected chi connectivity index (χ3v) is 19.1. The number of nitrogens with two attached hydrogens (primary N) is 1. The lowest BCUT2D eigenvalue weighted by atomic mass is 9.95. The van der Waals surface area contributed by atoms with Gasteiger partial charge in [0.1, 0.15) is 84.3 Å². The molecule has 2 heterocycles. The molecular weight excluding hydrogens is 1360 g/mol. The number of carbonyl (C=O) groups is 14. The van der Waals surface area contributed by atoms with Crippen LogP contribution < -0.4 is 69.5 Å². The molecule has 1 aromatic carbocycles. The van der Waals surface area contributed by atoms with E-state index in [1.807, 2.05) is 13.8 Å². The van der Waals surface area contributed by atoms with Gasteiger partial charge in [0.05, 0.1) is 12.2 Å². The van der Waals surface area contributed by atoms with E-state index < -0.39 is 209 Å². The van der Waals surface area contributed by atoms with E-state index in [1.165, 1.54) is 38.7 Å². The van der Waals surface area contributed by atoms with Gasteiger partial charge in [-0.1, -0.05) is 153 Å². The minimum absolute atomic E-state index is 0.0389. The molecule has 2 aliphatic heterocycles. The standard InChI is InChI=1S/C74H122N14O17/c1-19-42(14)57(69(99)87-61-46(18)105-74(104)56(41(12)13)83-62(92)48(21-3)76-64(94)50(36-47-29-23-22-24-30-47)78-66(96)53(38(6)7)80-68(98)58(43(15)20-2)85-72(61)102)84-63(93)49(31-26-34-75)77-65(95)51-32-27-35-88(51)73(103)55(40(10)11)82-67(97)54(39(8)9)81-71(101)60(45(17)90)86-70(100)59(44(16)89)79-52(91)33-25-28-37(4)5/h21-24,29-30,37-46,49-51,53-61,89-90H,19-20,25-28,31-36,75H2,1-18H3,(H,76,94)(H,77,95)(H,78,96)(H,79,91)(H,80,98)(H,81,101)(H,82,97)(H,83,92)(H,84,93)(H,85,102)(H,86,100)(H,87,99)/b48-21-/t42-,43-,44-,45-,46+,49+,50+,51-,53-,54+,55-,56+,57-,58-,59-,60+,61-/m1/s1. The molecule has 0 unspecified atom stereocenters. The summed E-state index contributed by atoms with van der Waals surface area (Å²) in [7, 11) is 0. The van der Waals surface area contributed by atoms with Crippen molar-refractivity contribution in [2.24, 2.45) is 47.2 Å². The number of cyclic esters (lactones) is 1. The van der Waals surface area contributed by atoms with Crippen molar-refractivity contribution in [1.82, 2.24) is 68.7 Å². The summed E-state index contributed by atoms with van der Waals surface area (Å²) < 4.78 is 5.96. The van der Waals surface area contributed by atoms with Gasteiger partial charge in [0, 0.05) is 19.4 Å². The molecule has 0 radical (unpaired) electrons. The van der Waals surface area contributed by atoms with Crippen LogP contribution in [-0.4, -0.2) is 202 Å². The van der Waals surface area contributed by atoms with Crippen LogP contribution in [0.25, 0.3) is 0 Å². The van der Waals surface area contributed by atoms with E-state index in [-0.39, 0.29) is 57.3 Å². The number of esters is 1. The number of hydrogen-bond acceptors (Lipinski definition) is 18. The maximum atomic E-state index is 15.0. The number of aliphatic hydroxyl groups excluding tert-OH is 2. The molecule has 31 heteroatoms. The molecule has 2 saturated heterocycles. The summed E-state index contributed by atoms with van der Waals surface area (Å²) in [5.74, 6) is -15.5. The van der Waals surface area contributed by atoms with Crippen LogP contribution in [0.2, 0.25) is 0 Å². The van der Waals surface area contributed by atoms with Crippen LogP contribution >= 0.6 is 0 Å². The summed E-state index contributed by atoms with van der Waals surface area (Å²) in [6.07, 6.45) is -0.799. The maximum Gasteiger partial charge on any atom is 0.329 e. The molecule has 13 amide bonds. The first kappa shape index (κ1) is 90.6. The summed E-state index contributed by atoms with van der Waals surface area (Å²) in [6.45, 7) is 29.3. The second-order valence-corrected chi connectivity index (χ2v) is 29.7. The summed E-state index contributed by atoms with van der Waals surface area (Å²) in [6, 6.07) is -8.38. The Morgan fingerprint density at radius 3 is 1.69 bits per heavy atom. The van der Waals surface area contributed by atoms with E-state index in [0.29, 0.717) is 30.7 Å². The molecule has 105 heavy (non-hydrogen) atoms. The van der Waals surface area contributed by atoms with Crippen LogP contribution in [0.15, 0.2) is 42.1 Å². The highest BCUT2D eigenvalue weighted by Crippen LogP contribution is 2.23. The molecule has 2 fully saturated rings. The summed E-state index contributed by atoms with van der Waals surface area (Å²) in [5.41, 5.74) is 6.32. The Kier molecular flexibility index (Phi) is 37.8. The first-order valence-corrected chi connectivity index (χ1v) is 37.2. The molecular formula is C74H122N14O17. The topological polar surface area (TPSA) is 462 Å². The van der Waals surface area contributed by atoms with Crippen LogP contribution in [0.4, 0.5) is 0 Å². The number of amides is 13. The van der Waals surface area contributed by atoms with Crippen LogP contribution in [-0.2, 0) is 78.3 Å². The number of allylic oxidation sites excluding steroid dienone is 1. The van der Waals surface area contributed by atoms with Crippen molar-refractivity contribution in [3.63, 3.8) is 0 Å². The quantitative estimate of drug-likeness (QED) is 0.0338. The number of nitrogens with one attached hydrogen (secondary N) is 12. The van der Waals surface area contributed by atoms with Crippen LogP contribution in [0.5, 0.6) is 0 Å². The van der Waals surface area contributed by atoms with Crippen molar-refractivity contribution in [2.75, 3.05) is 13.1 Å². The molecule has 16 N–H and O–H groups in total. The zero-order valence-electron chi connectivity index (χ0n) is 64.7. The first-order valence-electron chi connectivity index (χ1n) is 37.2. The zero-order valence-corrected chi connectivity index (χ0v) is 64.7. The minimum atomic E-state index is -1.83. The predicted octanol–water partition coefficient (Wildman–Crippen LogP) is 0.561. The van der Waals surface area contributed by atoms with Gasteiger partial charge in [-0.2, -0.15) is 0 Å². The largest absolute Gasteiger partial charge is 0.458 e. The number of aliphatic hydroxyl groups is 2. The van der Waals surface area contributed by atoms with Crippen molar-refractivity contribution < 1.29 is 82.1 Å². The number of carbonyl (C=O) groups excluding carboxylic acids is 14. The lowest BCUT2D eigenvalue weighted by Crippen LogP contribution is -2.64. The number of benzene rings is 1. The van der Waals surface area contributed by atoms with Crippen molar-refractivity contribution in [3.8, 4) is 0 Å². The lowest BCUT2D eigenvalue weighted by Gasteiger charge is -2.33. The fourth-order valence-corrected chi connectivity index (χ4v) is 12.0. The predicted molar refractivity (Wildman–Crippen MR) is 392 cm³/mol. The van der Waals surface area contributed by atoms with Gasteiger partial charge in [0.25, 0.3) is 5.91 Å². The van der Waals surface area contributed by atoms with Gasteiger partial charge in [-0.25, -0.2) is 4.79 Å². The molecule has 3 rings (SSSR count). The Balaban J connectivity index is 2.00. The molecule has 0 aliphatic carbocycles. The lowest BCUT2D eigenvalue weighted by molar-refractivity contribution is -0.157. The molecule has 590 valence electrons. The molecule has 0 saturated carbocycles. The highest BCUT2D eigenvalue weighted by Gasteiger charge is 2.45. The molecule has 31 nitrogen and oxygen atoms in total. The average Bonchev–Trinajstić information content (AvgIpc) is 1.79. The number of hydrogen-bond donors (Lipinski definition) is 15. The van der Waals surface area contributed by atoms with Crippen molar-refractivity contribution in [1.29, 1.82) is 0 Å². The third-order valence-electron chi connectivity index (χ3n) is 19.1. The first-order chi connectivity index (χ1) is 49.2. The Morgan fingerprint density at radius 1 is 0.610 bits per heavy atom. The van der Waals surface area contributed by atoms with Gasteiger partial charge in [-0.15, -0.1) is 0 Å². The van der Waals surface area contributed by atoms with Gasteiger partial charge in [-0.05, 0) is 113 Å². The van der Waals surface area contributed by atoms with Gasteiger partial charge in [-0.3, -0.25) is 62.3 Å². The molecule has 0 aromatic heterocycles. The summed E-state index contributed by atoms with van der Waals surface area (Å²) >= 11 is 0. The fraction of sp³-hybridized carbons (Fsp3) is 0.703. The monoisotopic (exact) mass is 1480 g/mol. The summed E-state index contributed by atoms with van der Waals surface area (Å²) in [5, 5.41) is 53.0. The van der Waals surface area contributed by atoms with E-state index in [2.05, 4.69) is 63.8 Å². The van der Waals surface area contributed by atoms with Gasteiger partial charge < -0.3 is 89.4 Å². The van der Waals surface area contributed by atoms with Gasteiger partial charge in [0.15, 0.2) is 0 Å². The number of likely N-dealkylation sites (tertiary alicyclic amines) is 1. The fourth-order valence-electron chi connectivity index (χ4n) is 12.0. The summed E-state index contributed by atoms with van der Waals surface area (Å²) in [4.78, 5) is 202. The molecule has 2 aliphatic rings. The van der Waals surface area contributed by atoms with Crippen LogP contribution in [0.1, 0.15) is 188 Å². The molecule has 17 atom stereocenters. The third kappa shape index (κ3) is 27.7. The van der Waals surface area contributed by atoms with Crippen molar-refractivity contribution in [2.45, 2.75) is 280 Å². The molecule has 0 bridgehead atoms. The van der Waals surface area contributed by atoms with Crippen molar-refractivity contribution >= 4 is 82.8 Å². The second kappa shape index (κ2) is 43.8. The molecule has 1 aromatic rings. The Bertz CT molecular complexity index is 3160. The maximum absolute atomic E-state index is 15.0. The zero-order chi connectivity index (χ0) is 79.4. The average molecular weight is 1480 g/mol. The highest BCUT2D eigenvalue weighted by molar-refractivity contribution is 6.03. The smallest absolute Gasteiger partial charge is 0.329 e. The van der Waals surface area contributed by atoms with E-state index in [0.717, 1.165) is 6.42 Å². The van der Waals surface area contributed by atoms with Crippen molar-refractivity contribution in [3.05, 3.63) is 47.7 Å². The van der Waals surface area contributed by atoms with Crippen LogP contribution in [0, 0.1) is 41.4 Å². The highest BCUT2D eigenvalue weighted by atomic mass is 16.5. The van der Waals surface area contributed by atoms with Crippen LogP contribution in [0.3, 0.4) is 0 Å². The number of ether oxygens (including phenoxy) is 1.